The van der Waals surface area contributed by atoms with Crippen LogP contribution in [0, 0.1) is 5.82 Å². The number of aromatic nitrogens is 3. The molecule has 1 fully saturated rings. The first-order chi connectivity index (χ1) is 18.7. The zero-order valence-corrected chi connectivity index (χ0v) is 22.8. The van der Waals surface area contributed by atoms with E-state index in [2.05, 4.69) is 36.9 Å². The minimum atomic E-state index is -3.65. The summed E-state index contributed by atoms with van der Waals surface area (Å²) in [6.45, 7) is 3.92. The Balaban J connectivity index is 1.37. The van der Waals surface area contributed by atoms with Gasteiger partial charge in [0, 0.05) is 56.4 Å². The van der Waals surface area contributed by atoms with Gasteiger partial charge in [-0.1, -0.05) is 11.6 Å². The molecule has 13 heteroatoms. The summed E-state index contributed by atoms with van der Waals surface area (Å²) in [5, 5.41) is 3.20. The number of benzene rings is 1. The van der Waals surface area contributed by atoms with Crippen LogP contribution in [-0.2, 0) is 10.0 Å². The second kappa shape index (κ2) is 11.3. The highest BCUT2D eigenvalue weighted by Gasteiger charge is 2.19. The molecule has 4 aromatic rings. The number of likely N-dealkylation sites (N-methyl/N-ethyl adjacent to an activating group) is 1. The van der Waals surface area contributed by atoms with Crippen LogP contribution < -0.4 is 15.8 Å². The van der Waals surface area contributed by atoms with Crippen molar-refractivity contribution in [3.05, 3.63) is 65.7 Å². The molecule has 0 spiro atoms. The van der Waals surface area contributed by atoms with E-state index in [-0.39, 0.29) is 22.3 Å². The van der Waals surface area contributed by atoms with E-state index in [1.807, 2.05) is 0 Å². The van der Waals surface area contributed by atoms with Crippen molar-refractivity contribution < 1.29 is 12.8 Å². The fraction of sp³-hybridized carbons (Fsp3) is 0.269. The van der Waals surface area contributed by atoms with E-state index in [0.717, 1.165) is 26.2 Å². The number of hydrogen-bond donors (Lipinski definition) is 3. The predicted molar refractivity (Wildman–Crippen MR) is 153 cm³/mol. The highest BCUT2D eigenvalue weighted by molar-refractivity contribution is 7.92. The predicted octanol–water partition coefficient (Wildman–Crippen LogP) is 3.80. The van der Waals surface area contributed by atoms with Gasteiger partial charge in [0.1, 0.15) is 17.2 Å². The molecular formula is C26H28ClFN8O2S. The molecule has 1 saturated heterocycles. The Hall–Kier alpha value is -3.58. The van der Waals surface area contributed by atoms with E-state index in [4.69, 9.17) is 22.3 Å². The summed E-state index contributed by atoms with van der Waals surface area (Å²) < 4.78 is 41.9. The van der Waals surface area contributed by atoms with Crippen LogP contribution >= 0.6 is 11.6 Å². The highest BCUT2D eigenvalue weighted by atomic mass is 35.5. The molecule has 39 heavy (non-hydrogen) atoms. The molecule has 1 aromatic carbocycles. The van der Waals surface area contributed by atoms with E-state index in [1.165, 1.54) is 18.3 Å². The van der Waals surface area contributed by atoms with Gasteiger partial charge >= 0.3 is 0 Å². The average molecular weight is 571 g/mol. The van der Waals surface area contributed by atoms with Crippen molar-refractivity contribution in [2.75, 3.05) is 61.3 Å². The maximum Gasteiger partial charge on any atom is 0.234 e. The minimum Gasteiger partial charge on any atom is -0.382 e. The van der Waals surface area contributed by atoms with E-state index in [1.54, 1.807) is 36.5 Å². The molecule has 0 unspecified atom stereocenters. The number of piperazine rings is 1. The van der Waals surface area contributed by atoms with Crippen LogP contribution in [0.2, 0.25) is 5.02 Å². The summed E-state index contributed by atoms with van der Waals surface area (Å²) in [4.78, 5) is 17.7. The maximum absolute atomic E-state index is 13.6. The molecule has 4 heterocycles. The fourth-order valence-corrected chi connectivity index (χ4v) is 5.53. The van der Waals surface area contributed by atoms with Gasteiger partial charge < -0.3 is 16.0 Å². The second-order valence-corrected chi connectivity index (χ2v) is 11.6. The first-order valence-electron chi connectivity index (χ1n) is 12.3. The van der Waals surface area contributed by atoms with Crippen molar-refractivity contribution in [1.29, 1.82) is 0 Å². The number of pyridine rings is 3. The minimum absolute atomic E-state index is 0.00141. The summed E-state index contributed by atoms with van der Waals surface area (Å²) in [6.07, 6.45) is 3.17. The number of nitrogens with one attached hydrogen (secondary N) is 2. The Bertz CT molecular complexity index is 1610. The molecule has 0 atom stereocenters. The largest absolute Gasteiger partial charge is 0.382 e. The number of nitrogen functional groups attached to an aromatic ring is 1. The standard InChI is InChI=1S/C26H28ClFN8O2S/c1-35-8-10-36(11-9-35)12-13-39(37,38)34-24-14-17(16-31-26(24)29)21-4-5-22-25(33-21)23(6-7-30-22)32-18-2-3-20(28)19(27)15-18/h2-7,14-16,34H,8-13H2,1H3,(H2,29,31)(H,30,32). The summed E-state index contributed by atoms with van der Waals surface area (Å²) >= 11 is 5.93. The van der Waals surface area contributed by atoms with Crippen LogP contribution in [0.1, 0.15) is 0 Å². The zero-order chi connectivity index (χ0) is 27.6. The van der Waals surface area contributed by atoms with Gasteiger partial charge in [-0.3, -0.25) is 14.6 Å². The average Bonchev–Trinajstić information content (AvgIpc) is 2.91. The van der Waals surface area contributed by atoms with Crippen molar-refractivity contribution in [2.45, 2.75) is 0 Å². The first-order valence-corrected chi connectivity index (χ1v) is 14.3. The van der Waals surface area contributed by atoms with Gasteiger partial charge in [-0.05, 0) is 49.5 Å². The lowest BCUT2D eigenvalue weighted by molar-refractivity contribution is 0.161. The van der Waals surface area contributed by atoms with Gasteiger partial charge in [-0.15, -0.1) is 0 Å². The quantitative estimate of drug-likeness (QED) is 0.289. The fourth-order valence-electron chi connectivity index (χ4n) is 4.25. The molecule has 0 aliphatic carbocycles. The number of sulfonamides is 1. The van der Waals surface area contributed by atoms with Crippen molar-refractivity contribution in [3.8, 4) is 11.3 Å². The smallest absolute Gasteiger partial charge is 0.234 e. The number of hydrogen-bond acceptors (Lipinski definition) is 9. The molecule has 1 aliphatic heterocycles. The lowest BCUT2D eigenvalue weighted by atomic mass is 10.1. The van der Waals surface area contributed by atoms with Crippen LogP contribution in [0.15, 0.2) is 54.9 Å². The third-order valence-corrected chi connectivity index (χ3v) is 8.07. The normalized spacial score (nSPS) is 14.9. The molecule has 1 aliphatic rings. The first kappa shape index (κ1) is 27.0. The Kier molecular flexibility index (Phi) is 7.80. The van der Waals surface area contributed by atoms with Gasteiger partial charge in [0.2, 0.25) is 10.0 Å². The van der Waals surface area contributed by atoms with Crippen LogP contribution in [-0.4, -0.2) is 78.7 Å². The van der Waals surface area contributed by atoms with Gasteiger partial charge in [0.15, 0.2) is 0 Å². The summed E-state index contributed by atoms with van der Waals surface area (Å²) in [5.41, 5.74) is 9.74. The Morgan fingerprint density at radius 3 is 2.62 bits per heavy atom. The molecule has 0 saturated carbocycles. The highest BCUT2D eigenvalue weighted by Crippen LogP contribution is 2.30. The number of fused-ring (bicyclic) bond motifs is 1. The van der Waals surface area contributed by atoms with Crippen LogP contribution in [0.5, 0.6) is 0 Å². The monoisotopic (exact) mass is 570 g/mol. The van der Waals surface area contributed by atoms with E-state index < -0.39 is 15.8 Å². The Labute approximate surface area is 231 Å². The molecular weight excluding hydrogens is 543 g/mol. The zero-order valence-electron chi connectivity index (χ0n) is 21.2. The molecule has 0 bridgehead atoms. The van der Waals surface area contributed by atoms with E-state index in [9.17, 15) is 12.8 Å². The van der Waals surface area contributed by atoms with Crippen LogP contribution in [0.3, 0.4) is 0 Å². The molecule has 4 N–H and O–H groups in total. The molecule has 204 valence electrons. The van der Waals surface area contributed by atoms with Crippen molar-refractivity contribution in [3.63, 3.8) is 0 Å². The Morgan fingerprint density at radius 1 is 1.05 bits per heavy atom. The van der Waals surface area contributed by atoms with Crippen molar-refractivity contribution >= 4 is 55.5 Å². The number of halogens is 2. The third-order valence-electron chi connectivity index (χ3n) is 6.53. The van der Waals surface area contributed by atoms with Crippen LogP contribution in [0.25, 0.3) is 22.3 Å². The summed E-state index contributed by atoms with van der Waals surface area (Å²) in [7, 11) is -1.60. The molecule has 5 rings (SSSR count). The van der Waals surface area contributed by atoms with E-state index >= 15 is 0 Å². The van der Waals surface area contributed by atoms with Crippen LogP contribution in [0.4, 0.5) is 27.3 Å². The van der Waals surface area contributed by atoms with Gasteiger partial charge in [-0.2, -0.15) is 0 Å². The van der Waals surface area contributed by atoms with Gasteiger partial charge in [-0.25, -0.2) is 22.8 Å². The number of rotatable bonds is 8. The van der Waals surface area contributed by atoms with Crippen molar-refractivity contribution in [1.82, 2.24) is 24.8 Å². The number of nitrogens with two attached hydrogens (primary N) is 1. The number of anilines is 4. The molecule has 0 radical (unpaired) electrons. The lowest BCUT2D eigenvalue weighted by Crippen LogP contribution is -2.46. The topological polar surface area (TPSA) is 129 Å². The SMILES string of the molecule is CN1CCN(CCS(=O)(=O)Nc2cc(-c3ccc4nccc(Nc5ccc(F)c(Cl)c5)c4n3)cnc2N)CC1. The van der Waals surface area contributed by atoms with E-state index in [0.29, 0.717) is 40.2 Å². The maximum atomic E-state index is 13.6. The molecule has 3 aromatic heterocycles. The van der Waals surface area contributed by atoms with Crippen molar-refractivity contribution in [2.24, 2.45) is 0 Å². The number of nitrogens with zero attached hydrogens (tertiary/aromatic N) is 5. The Morgan fingerprint density at radius 2 is 1.85 bits per heavy atom. The summed E-state index contributed by atoms with van der Waals surface area (Å²) in [6, 6.07) is 11.3. The third kappa shape index (κ3) is 6.53. The molecule has 0 amide bonds. The second-order valence-electron chi connectivity index (χ2n) is 9.40. The molecule has 10 nitrogen and oxygen atoms in total. The summed E-state index contributed by atoms with van der Waals surface area (Å²) in [5.74, 6) is -0.494. The lowest BCUT2D eigenvalue weighted by Gasteiger charge is -2.32. The van der Waals surface area contributed by atoms with Gasteiger partial charge in [0.25, 0.3) is 0 Å². The van der Waals surface area contributed by atoms with Gasteiger partial charge in [0.05, 0.1) is 33.4 Å².